The third-order valence-corrected chi connectivity index (χ3v) is 7.36. The third kappa shape index (κ3) is 6.00. The van der Waals surface area contributed by atoms with E-state index in [0.29, 0.717) is 0 Å². The number of nitrogens with one attached hydrogen (secondary N) is 1. The van der Waals surface area contributed by atoms with Crippen molar-refractivity contribution in [1.82, 2.24) is 9.55 Å². The van der Waals surface area contributed by atoms with Gasteiger partial charge in [-0.3, -0.25) is 18.9 Å². The number of aromatic amines is 1. The summed E-state index contributed by atoms with van der Waals surface area (Å²) in [5.74, 6) is 0. The monoisotopic (exact) mass is 468 g/mol. The number of phosphoric ester groups is 1. The van der Waals surface area contributed by atoms with Crippen molar-refractivity contribution in [1.29, 1.82) is 0 Å². The van der Waals surface area contributed by atoms with Gasteiger partial charge in [0.25, 0.3) is 5.56 Å². The van der Waals surface area contributed by atoms with Crippen LogP contribution >= 0.6 is 23.5 Å². The zero-order chi connectivity index (χ0) is 21.5. The Labute approximate surface area is 154 Å². The molecule has 6 unspecified atom stereocenters. The Morgan fingerprint density at radius 1 is 1.00 bits per heavy atom. The van der Waals surface area contributed by atoms with Crippen molar-refractivity contribution in [2.75, 3.05) is 0 Å². The Morgan fingerprint density at radius 3 is 2.14 bits per heavy atom. The highest BCUT2D eigenvalue weighted by Gasteiger charge is 2.49. The summed E-state index contributed by atoms with van der Waals surface area (Å²) >= 11 is 0. The second-order valence-electron chi connectivity index (χ2n) is 5.54. The van der Waals surface area contributed by atoms with Crippen LogP contribution < -0.4 is 11.2 Å². The van der Waals surface area contributed by atoms with Crippen molar-refractivity contribution in [2.24, 2.45) is 0 Å². The summed E-state index contributed by atoms with van der Waals surface area (Å²) in [5.41, 5.74) is -1.69. The number of phosphoric acid groups is 3. The number of H-pyrrole nitrogens is 1. The molecule has 1 saturated carbocycles. The standard InChI is InChI=1S/C9H15N2O14P3/c12-6-1-2-11(9(15)10-6)4-3-5(8(14)7(4)13)23-27(19,20)25-28(21,22)24-26(16,17)18/h1-2,4-5,7-8,13-14H,3H2,(H,19,20)(H,21,22)(H,10,12,15)(H2,16,17,18). The quantitative estimate of drug-likeness (QED) is 0.212. The normalized spacial score (nSPS) is 29.9. The molecule has 0 bridgehead atoms. The minimum absolute atomic E-state index is 0.489. The molecule has 16 nitrogen and oxygen atoms in total. The summed E-state index contributed by atoms with van der Waals surface area (Å²) < 4.78 is 46.0. The first kappa shape index (κ1) is 23.3. The number of rotatable bonds is 7. The van der Waals surface area contributed by atoms with Gasteiger partial charge in [0.2, 0.25) is 0 Å². The van der Waals surface area contributed by atoms with E-state index in [0.717, 1.165) is 16.8 Å². The van der Waals surface area contributed by atoms with E-state index >= 15 is 0 Å². The molecule has 1 aliphatic rings. The van der Waals surface area contributed by atoms with Gasteiger partial charge in [0.15, 0.2) is 0 Å². The number of aliphatic hydroxyl groups is 2. The van der Waals surface area contributed by atoms with E-state index in [-0.39, 0.29) is 0 Å². The Morgan fingerprint density at radius 2 is 1.61 bits per heavy atom. The van der Waals surface area contributed by atoms with Crippen LogP contribution in [0.3, 0.4) is 0 Å². The maximum atomic E-state index is 11.8. The maximum absolute atomic E-state index is 11.8. The molecule has 0 aromatic carbocycles. The zero-order valence-electron chi connectivity index (χ0n) is 13.4. The Hall–Kier alpha value is -0.990. The van der Waals surface area contributed by atoms with Crippen LogP contribution in [0.15, 0.2) is 21.9 Å². The van der Waals surface area contributed by atoms with Gasteiger partial charge in [-0.15, -0.1) is 0 Å². The highest BCUT2D eigenvalue weighted by atomic mass is 31.3. The van der Waals surface area contributed by atoms with Gasteiger partial charge >= 0.3 is 29.2 Å². The number of aromatic nitrogens is 2. The van der Waals surface area contributed by atoms with Gasteiger partial charge in [-0.1, -0.05) is 0 Å². The molecule has 28 heavy (non-hydrogen) atoms. The van der Waals surface area contributed by atoms with Crippen LogP contribution in [0.25, 0.3) is 0 Å². The summed E-state index contributed by atoms with van der Waals surface area (Å²) in [7, 11) is -16.9. The van der Waals surface area contributed by atoms with E-state index in [2.05, 4.69) is 13.1 Å². The van der Waals surface area contributed by atoms with E-state index in [9.17, 15) is 38.4 Å². The minimum atomic E-state index is -5.75. The van der Waals surface area contributed by atoms with Crippen LogP contribution in [0.1, 0.15) is 12.5 Å². The molecule has 1 fully saturated rings. The summed E-state index contributed by atoms with van der Waals surface area (Å²) in [6, 6.07) is -0.285. The van der Waals surface area contributed by atoms with Crippen LogP contribution in [-0.2, 0) is 26.8 Å². The molecule has 19 heteroatoms. The molecule has 0 amide bonds. The molecule has 0 spiro atoms. The van der Waals surface area contributed by atoms with E-state index in [1.165, 1.54) is 0 Å². The SMILES string of the molecule is O=c1ccn(C2CC(OP(=O)(O)OP(=O)(O)OP(=O)(O)O)C(O)C2O)c(=O)[nH]1. The van der Waals surface area contributed by atoms with E-state index in [1.807, 2.05) is 4.98 Å². The maximum Gasteiger partial charge on any atom is 0.490 e. The lowest BCUT2D eigenvalue weighted by Crippen LogP contribution is -2.37. The van der Waals surface area contributed by atoms with Gasteiger partial charge in [-0.05, 0) is 0 Å². The molecule has 0 aliphatic heterocycles. The van der Waals surface area contributed by atoms with Crippen LogP contribution in [0.5, 0.6) is 0 Å². The minimum Gasteiger partial charge on any atom is -0.388 e. The summed E-state index contributed by atoms with van der Waals surface area (Å²) in [6.45, 7) is 0. The third-order valence-electron chi connectivity index (χ3n) is 3.49. The van der Waals surface area contributed by atoms with Crippen molar-refractivity contribution < 1.29 is 56.6 Å². The van der Waals surface area contributed by atoms with Crippen molar-refractivity contribution in [3.63, 3.8) is 0 Å². The van der Waals surface area contributed by atoms with E-state index < -0.39 is 65.5 Å². The van der Waals surface area contributed by atoms with E-state index in [4.69, 9.17) is 14.7 Å². The smallest absolute Gasteiger partial charge is 0.388 e. The molecular formula is C9H15N2O14P3. The Balaban J connectivity index is 2.16. The fourth-order valence-corrected chi connectivity index (χ4v) is 5.72. The van der Waals surface area contributed by atoms with Crippen LogP contribution in [0.4, 0.5) is 0 Å². The Bertz CT molecular complexity index is 981. The van der Waals surface area contributed by atoms with Crippen LogP contribution in [0, 0.1) is 0 Å². The number of nitrogens with zero attached hydrogens (tertiary/aromatic N) is 1. The molecular weight excluding hydrogens is 453 g/mol. The fraction of sp³-hybridized carbons (Fsp3) is 0.556. The highest BCUT2D eigenvalue weighted by molar-refractivity contribution is 7.66. The fourth-order valence-electron chi connectivity index (χ4n) is 2.51. The zero-order valence-corrected chi connectivity index (χ0v) is 16.1. The van der Waals surface area contributed by atoms with Crippen LogP contribution in [0.2, 0.25) is 0 Å². The van der Waals surface area contributed by atoms with Crippen molar-refractivity contribution in [3.8, 4) is 0 Å². The molecule has 6 atom stereocenters. The van der Waals surface area contributed by atoms with E-state index in [1.54, 1.807) is 0 Å². The largest absolute Gasteiger partial charge is 0.490 e. The summed E-state index contributed by atoms with van der Waals surface area (Å²) in [4.78, 5) is 60.2. The predicted molar refractivity (Wildman–Crippen MR) is 85.7 cm³/mol. The average molecular weight is 468 g/mol. The van der Waals surface area contributed by atoms with Gasteiger partial charge in [-0.2, -0.15) is 8.62 Å². The average Bonchev–Trinajstić information content (AvgIpc) is 2.71. The van der Waals surface area contributed by atoms with Gasteiger partial charge in [-0.25, -0.2) is 18.5 Å². The number of hydrogen-bond acceptors (Lipinski definition) is 10. The van der Waals surface area contributed by atoms with Gasteiger partial charge < -0.3 is 29.8 Å². The number of hydrogen-bond donors (Lipinski definition) is 7. The lowest BCUT2D eigenvalue weighted by molar-refractivity contribution is -0.0241. The second-order valence-corrected chi connectivity index (χ2v) is 9.91. The lowest BCUT2D eigenvalue weighted by atomic mass is 10.2. The van der Waals surface area contributed by atoms with Crippen molar-refractivity contribution in [3.05, 3.63) is 33.1 Å². The molecule has 160 valence electrons. The predicted octanol–water partition coefficient (Wildman–Crippen LogP) is -2.08. The molecule has 7 N–H and O–H groups in total. The second kappa shape index (κ2) is 8.03. The van der Waals surface area contributed by atoms with Gasteiger partial charge in [0.1, 0.15) is 18.3 Å². The van der Waals surface area contributed by atoms with Crippen LogP contribution in [-0.4, -0.2) is 57.6 Å². The lowest BCUT2D eigenvalue weighted by Gasteiger charge is -2.21. The molecule has 0 radical (unpaired) electrons. The number of aliphatic hydroxyl groups excluding tert-OH is 2. The topological polar surface area (TPSA) is 255 Å². The highest BCUT2D eigenvalue weighted by Crippen LogP contribution is 2.67. The molecule has 1 aromatic heterocycles. The molecule has 1 aromatic rings. The molecule has 1 aliphatic carbocycles. The molecule has 1 heterocycles. The summed E-state index contributed by atoms with van der Waals surface area (Å²) in [6.07, 6.45) is -4.81. The first-order valence-electron chi connectivity index (χ1n) is 7.10. The molecule has 2 rings (SSSR count). The molecule has 0 saturated heterocycles. The first-order valence-corrected chi connectivity index (χ1v) is 11.6. The van der Waals surface area contributed by atoms with Crippen molar-refractivity contribution in [2.45, 2.75) is 30.8 Å². The summed E-state index contributed by atoms with van der Waals surface area (Å²) in [5, 5.41) is 20.0. The van der Waals surface area contributed by atoms with Crippen molar-refractivity contribution >= 4 is 23.5 Å². The Kier molecular flexibility index (Phi) is 6.68. The van der Waals surface area contributed by atoms with Gasteiger partial charge in [0.05, 0.1) is 6.04 Å². The van der Waals surface area contributed by atoms with Gasteiger partial charge in [0, 0.05) is 18.7 Å². The first-order chi connectivity index (χ1) is 12.6.